The van der Waals surface area contributed by atoms with Crippen LogP contribution < -0.4 is 5.32 Å². The molecule has 0 radical (unpaired) electrons. The number of hydrogen-bond donors (Lipinski definition) is 3. The summed E-state index contributed by atoms with van der Waals surface area (Å²) < 4.78 is 5.14. The van der Waals surface area contributed by atoms with Crippen molar-refractivity contribution in [3.63, 3.8) is 0 Å². The second kappa shape index (κ2) is 9.09. The number of halogens is 1. The number of aliphatic hydroxyl groups is 1. The Bertz CT molecular complexity index is 779. The number of H-pyrrole nitrogens is 1. The van der Waals surface area contributed by atoms with E-state index in [9.17, 15) is 9.90 Å². The first-order valence-corrected chi connectivity index (χ1v) is 10.2. The fourth-order valence-corrected chi connectivity index (χ4v) is 4.24. The Kier molecular flexibility index (Phi) is 6.79. The first-order chi connectivity index (χ1) is 13.0. The van der Waals surface area contributed by atoms with Crippen molar-refractivity contribution in [1.29, 1.82) is 0 Å². The van der Waals surface area contributed by atoms with Gasteiger partial charge in [0.1, 0.15) is 0 Å². The van der Waals surface area contributed by atoms with Crippen LogP contribution in [0.15, 0.2) is 18.3 Å². The maximum Gasteiger partial charge on any atom is 0.252 e. The number of ether oxygens (including phenoxy) is 1. The van der Waals surface area contributed by atoms with Crippen LogP contribution in [0.5, 0.6) is 0 Å². The van der Waals surface area contributed by atoms with E-state index in [2.05, 4.69) is 10.3 Å². The zero-order chi connectivity index (χ0) is 19.3. The van der Waals surface area contributed by atoms with Gasteiger partial charge in [0, 0.05) is 31.8 Å². The number of amides is 1. The predicted molar refractivity (Wildman–Crippen MR) is 108 cm³/mol. The summed E-state index contributed by atoms with van der Waals surface area (Å²) in [5.74, 6) is -0.228. The highest BCUT2D eigenvalue weighted by molar-refractivity contribution is 6.38. The van der Waals surface area contributed by atoms with Gasteiger partial charge in [-0.25, -0.2) is 0 Å². The molecule has 1 aliphatic rings. The molecule has 0 aliphatic heterocycles. The molecule has 5 nitrogen and oxygen atoms in total. The summed E-state index contributed by atoms with van der Waals surface area (Å²) in [4.78, 5) is 16.1. The smallest absolute Gasteiger partial charge is 0.252 e. The minimum Gasteiger partial charge on any atom is -0.388 e. The molecule has 0 saturated heterocycles. The Balaban J connectivity index is 1.78. The molecule has 1 aromatic heterocycles. The molecule has 0 spiro atoms. The Hall–Kier alpha value is -1.56. The molecule has 2 aromatic rings. The number of fused-ring (bicyclic) bond motifs is 1. The number of rotatable bonds is 7. The molecule has 0 bridgehead atoms. The van der Waals surface area contributed by atoms with Gasteiger partial charge in [-0.3, -0.25) is 4.79 Å². The SMILES string of the molecule is COCCCc1cc(C(=O)NCC2(O)CCCCCC2)c(Cl)c2cc[nH]c12. The minimum atomic E-state index is -0.807. The van der Waals surface area contributed by atoms with Crippen LogP contribution in [0.2, 0.25) is 5.02 Å². The number of nitrogens with one attached hydrogen (secondary N) is 2. The van der Waals surface area contributed by atoms with E-state index in [1.54, 1.807) is 7.11 Å². The number of hydrogen-bond acceptors (Lipinski definition) is 3. The zero-order valence-electron chi connectivity index (χ0n) is 15.9. The van der Waals surface area contributed by atoms with Gasteiger partial charge in [-0.05, 0) is 43.4 Å². The topological polar surface area (TPSA) is 74.3 Å². The summed E-state index contributed by atoms with van der Waals surface area (Å²) in [5, 5.41) is 15.0. The van der Waals surface area contributed by atoms with Gasteiger partial charge in [0.05, 0.1) is 21.7 Å². The zero-order valence-corrected chi connectivity index (χ0v) is 16.7. The summed E-state index contributed by atoms with van der Waals surface area (Å²) in [5.41, 5.74) is 1.68. The molecule has 0 unspecified atom stereocenters. The second-order valence-corrected chi connectivity index (χ2v) is 7.96. The van der Waals surface area contributed by atoms with Gasteiger partial charge in [0.15, 0.2) is 0 Å². The number of carbonyl (C=O) groups excluding carboxylic acids is 1. The molecule has 1 saturated carbocycles. The summed E-state index contributed by atoms with van der Waals surface area (Å²) >= 11 is 6.53. The lowest BCUT2D eigenvalue weighted by molar-refractivity contribution is 0.0246. The largest absolute Gasteiger partial charge is 0.388 e. The molecule has 27 heavy (non-hydrogen) atoms. The van der Waals surface area contributed by atoms with Crippen LogP contribution in [0.3, 0.4) is 0 Å². The maximum atomic E-state index is 12.8. The molecular formula is C21H29ClN2O3. The van der Waals surface area contributed by atoms with Crippen LogP contribution in [-0.4, -0.2) is 41.9 Å². The first kappa shape index (κ1) is 20.2. The predicted octanol–water partition coefficient (Wildman–Crippen LogP) is 4.22. The number of aromatic nitrogens is 1. The Morgan fingerprint density at radius 2 is 2.07 bits per heavy atom. The average Bonchev–Trinajstić information content (AvgIpc) is 3.06. The minimum absolute atomic E-state index is 0.228. The lowest BCUT2D eigenvalue weighted by Crippen LogP contribution is -2.42. The van der Waals surface area contributed by atoms with E-state index < -0.39 is 5.60 Å². The van der Waals surface area contributed by atoms with Crippen LogP contribution in [0.25, 0.3) is 10.9 Å². The molecule has 1 fully saturated rings. The van der Waals surface area contributed by atoms with Gasteiger partial charge in [-0.15, -0.1) is 0 Å². The summed E-state index contributed by atoms with van der Waals surface area (Å²) in [6.07, 6.45) is 9.29. The van der Waals surface area contributed by atoms with Gasteiger partial charge in [0.2, 0.25) is 0 Å². The van der Waals surface area contributed by atoms with Crippen molar-refractivity contribution in [3.8, 4) is 0 Å². The third-order valence-corrected chi connectivity index (χ3v) is 5.92. The third kappa shape index (κ3) is 4.84. The standard InChI is InChI=1S/C21H29ClN2O3/c1-27-12-6-7-15-13-17(18(22)16-8-11-23-19(15)16)20(25)24-14-21(26)9-4-2-3-5-10-21/h8,11,13,23,26H,2-7,9-10,12,14H2,1H3,(H,24,25). The lowest BCUT2D eigenvalue weighted by atomic mass is 9.94. The highest BCUT2D eigenvalue weighted by Crippen LogP contribution is 2.31. The van der Waals surface area contributed by atoms with Gasteiger partial charge in [-0.2, -0.15) is 0 Å². The number of benzene rings is 1. The van der Waals surface area contributed by atoms with Gasteiger partial charge in [-0.1, -0.05) is 37.3 Å². The van der Waals surface area contributed by atoms with Crippen molar-refractivity contribution in [3.05, 3.63) is 34.5 Å². The first-order valence-electron chi connectivity index (χ1n) is 9.82. The monoisotopic (exact) mass is 392 g/mol. The Labute approximate surface area is 165 Å². The Morgan fingerprint density at radius 3 is 2.78 bits per heavy atom. The van der Waals surface area contributed by atoms with E-state index in [0.29, 0.717) is 17.2 Å². The van der Waals surface area contributed by atoms with E-state index in [0.717, 1.165) is 67.8 Å². The fraction of sp³-hybridized carbons (Fsp3) is 0.571. The van der Waals surface area contributed by atoms with Crippen molar-refractivity contribution in [2.45, 2.75) is 57.0 Å². The van der Waals surface area contributed by atoms with Gasteiger partial charge < -0.3 is 20.1 Å². The lowest BCUT2D eigenvalue weighted by Gasteiger charge is -2.27. The normalized spacial score (nSPS) is 17.0. The van der Waals surface area contributed by atoms with E-state index in [4.69, 9.17) is 16.3 Å². The van der Waals surface area contributed by atoms with Crippen molar-refractivity contribution in [2.24, 2.45) is 0 Å². The molecule has 3 rings (SSSR count). The quantitative estimate of drug-likeness (QED) is 0.488. The molecule has 1 aliphatic carbocycles. The molecule has 3 N–H and O–H groups in total. The number of methoxy groups -OCH3 is 1. The van der Waals surface area contributed by atoms with Crippen LogP contribution in [-0.2, 0) is 11.2 Å². The van der Waals surface area contributed by atoms with E-state index >= 15 is 0 Å². The van der Waals surface area contributed by atoms with Crippen molar-refractivity contribution in [2.75, 3.05) is 20.3 Å². The number of aryl methyl sites for hydroxylation is 1. The summed E-state index contributed by atoms with van der Waals surface area (Å²) in [7, 11) is 1.68. The number of carbonyl (C=O) groups is 1. The maximum absolute atomic E-state index is 12.8. The van der Waals surface area contributed by atoms with Crippen LogP contribution in [0.4, 0.5) is 0 Å². The third-order valence-electron chi connectivity index (χ3n) is 5.51. The van der Waals surface area contributed by atoms with E-state index in [1.807, 2.05) is 18.3 Å². The van der Waals surface area contributed by atoms with Crippen molar-refractivity contribution < 1.29 is 14.6 Å². The molecule has 0 atom stereocenters. The summed E-state index contributed by atoms with van der Waals surface area (Å²) in [6, 6.07) is 3.76. The highest BCUT2D eigenvalue weighted by atomic mass is 35.5. The molecular weight excluding hydrogens is 364 g/mol. The molecule has 1 aromatic carbocycles. The second-order valence-electron chi connectivity index (χ2n) is 7.58. The number of aromatic amines is 1. The fourth-order valence-electron chi connectivity index (χ4n) is 3.95. The van der Waals surface area contributed by atoms with Crippen molar-refractivity contribution >= 4 is 28.4 Å². The summed E-state index contributed by atoms with van der Waals surface area (Å²) in [6.45, 7) is 0.936. The average molecular weight is 393 g/mol. The molecule has 6 heteroatoms. The van der Waals surface area contributed by atoms with Crippen LogP contribution >= 0.6 is 11.6 Å². The van der Waals surface area contributed by atoms with E-state index in [1.165, 1.54) is 0 Å². The molecule has 1 heterocycles. The van der Waals surface area contributed by atoms with Gasteiger partial charge >= 0.3 is 0 Å². The Morgan fingerprint density at radius 1 is 1.33 bits per heavy atom. The molecule has 1 amide bonds. The van der Waals surface area contributed by atoms with Crippen LogP contribution in [0.1, 0.15) is 60.9 Å². The van der Waals surface area contributed by atoms with Gasteiger partial charge in [0.25, 0.3) is 5.91 Å². The van der Waals surface area contributed by atoms with Crippen molar-refractivity contribution in [1.82, 2.24) is 10.3 Å². The van der Waals surface area contributed by atoms with Crippen LogP contribution in [0, 0.1) is 0 Å². The highest BCUT2D eigenvalue weighted by Gasteiger charge is 2.29. The van der Waals surface area contributed by atoms with E-state index in [-0.39, 0.29) is 12.5 Å². The molecule has 148 valence electrons.